The summed E-state index contributed by atoms with van der Waals surface area (Å²) < 4.78 is 50.6. The molecular formula is C30H34N6O9S. The lowest BCUT2D eigenvalue weighted by Crippen LogP contribution is -2.46. The van der Waals surface area contributed by atoms with Crippen molar-refractivity contribution in [1.82, 2.24) is 19.6 Å². The van der Waals surface area contributed by atoms with Crippen LogP contribution >= 0.6 is 0 Å². The molecule has 46 heavy (non-hydrogen) atoms. The van der Waals surface area contributed by atoms with Gasteiger partial charge < -0.3 is 29.2 Å². The number of sulfonamides is 1. The number of H-pyrrole nitrogens is 1. The summed E-state index contributed by atoms with van der Waals surface area (Å²) in [7, 11) is -2.89. The Morgan fingerprint density at radius 2 is 2.02 bits per heavy atom. The number of nitro groups is 1. The summed E-state index contributed by atoms with van der Waals surface area (Å²) in [5.74, 6) is -0.536. The number of aromatic amines is 1. The minimum atomic E-state index is -4.50. The molecule has 1 saturated heterocycles. The van der Waals surface area contributed by atoms with Crippen LogP contribution in [0.2, 0.25) is 0 Å². The van der Waals surface area contributed by atoms with Gasteiger partial charge in [-0.2, -0.15) is 0 Å². The number of hydrogen-bond donors (Lipinski definition) is 3. The molecule has 0 spiro atoms. The summed E-state index contributed by atoms with van der Waals surface area (Å²) in [4.78, 5) is 33.3. The highest BCUT2D eigenvalue weighted by atomic mass is 32.2. The molecule has 15 nitrogen and oxygen atoms in total. The van der Waals surface area contributed by atoms with Gasteiger partial charge in [0.2, 0.25) is 0 Å². The minimum Gasteiger partial charge on any atom is -0.455 e. The predicted octanol–water partition coefficient (Wildman–Crippen LogP) is 3.16. The van der Waals surface area contributed by atoms with Crippen LogP contribution in [0.3, 0.4) is 0 Å². The Bertz CT molecular complexity index is 1780. The van der Waals surface area contributed by atoms with Crippen molar-refractivity contribution >= 4 is 38.3 Å². The third-order valence-corrected chi connectivity index (χ3v) is 8.49. The Kier molecular flexibility index (Phi) is 10.8. The van der Waals surface area contributed by atoms with Gasteiger partial charge in [0.05, 0.1) is 54.1 Å². The summed E-state index contributed by atoms with van der Waals surface area (Å²) in [5, 5.41) is 15.7. The van der Waals surface area contributed by atoms with Crippen LogP contribution in [0.1, 0.15) is 10.4 Å². The summed E-state index contributed by atoms with van der Waals surface area (Å²) in [6, 6.07) is 13.0. The van der Waals surface area contributed by atoms with Gasteiger partial charge in [-0.1, -0.05) is 12.1 Å². The lowest BCUT2D eigenvalue weighted by Gasteiger charge is -2.33. The fourth-order valence-corrected chi connectivity index (χ4v) is 5.82. The van der Waals surface area contributed by atoms with E-state index in [9.17, 15) is 23.3 Å². The van der Waals surface area contributed by atoms with Crippen molar-refractivity contribution in [3.05, 3.63) is 82.7 Å². The summed E-state index contributed by atoms with van der Waals surface area (Å²) in [5.41, 5.74) is 0.247. The fraction of sp³-hybridized carbons (Fsp3) is 0.333. The van der Waals surface area contributed by atoms with Crippen LogP contribution in [0, 0.1) is 10.1 Å². The molecule has 2 aromatic carbocycles. The second-order valence-corrected chi connectivity index (χ2v) is 12.0. The number of aromatic nitrogens is 2. The lowest BCUT2D eigenvalue weighted by molar-refractivity contribution is -0.384. The average molecular weight is 655 g/mol. The molecule has 0 radical (unpaired) electrons. The quantitative estimate of drug-likeness (QED) is 0.0967. The molecular weight excluding hydrogens is 620 g/mol. The van der Waals surface area contributed by atoms with Gasteiger partial charge in [0.15, 0.2) is 0 Å². The van der Waals surface area contributed by atoms with Gasteiger partial charge in [-0.15, -0.1) is 0 Å². The van der Waals surface area contributed by atoms with E-state index in [1.807, 2.05) is 4.72 Å². The number of ether oxygens (including phenoxy) is 4. The number of nitrogens with one attached hydrogen (secondary N) is 3. The number of benzene rings is 2. The first kappa shape index (κ1) is 32.8. The number of rotatable bonds is 15. The fourth-order valence-electron chi connectivity index (χ4n) is 4.83. The Morgan fingerprint density at radius 1 is 1.17 bits per heavy atom. The molecule has 3 N–H and O–H groups in total. The second kappa shape index (κ2) is 15.1. The van der Waals surface area contributed by atoms with E-state index in [2.05, 4.69) is 20.2 Å². The maximum absolute atomic E-state index is 13.2. The van der Waals surface area contributed by atoms with Crippen LogP contribution in [0.15, 0.2) is 71.9 Å². The van der Waals surface area contributed by atoms with Crippen LogP contribution in [-0.4, -0.2) is 99.9 Å². The highest BCUT2D eigenvalue weighted by molar-refractivity contribution is 7.90. The van der Waals surface area contributed by atoms with Crippen LogP contribution in [-0.2, 0) is 24.2 Å². The third-order valence-electron chi connectivity index (χ3n) is 7.16. The molecule has 4 aromatic rings. The number of carbonyl (C=O) groups excluding carboxylic acids is 1. The van der Waals surface area contributed by atoms with Crippen molar-refractivity contribution in [3.63, 3.8) is 0 Å². The zero-order valence-electron chi connectivity index (χ0n) is 25.0. The van der Waals surface area contributed by atoms with Gasteiger partial charge in [0.1, 0.15) is 22.8 Å². The maximum Gasteiger partial charge on any atom is 0.293 e. The number of morpholine rings is 1. The molecule has 1 unspecified atom stereocenters. The molecule has 244 valence electrons. The van der Waals surface area contributed by atoms with Crippen molar-refractivity contribution in [2.75, 3.05) is 65.0 Å². The van der Waals surface area contributed by atoms with Crippen molar-refractivity contribution < 1.29 is 37.1 Å². The van der Waals surface area contributed by atoms with Gasteiger partial charge in [-0.3, -0.25) is 19.8 Å². The van der Waals surface area contributed by atoms with Crippen LogP contribution in [0.25, 0.3) is 11.0 Å². The van der Waals surface area contributed by atoms with Gasteiger partial charge in [-0.25, -0.2) is 18.1 Å². The van der Waals surface area contributed by atoms with E-state index in [4.69, 9.17) is 18.9 Å². The number of pyridine rings is 1. The summed E-state index contributed by atoms with van der Waals surface area (Å²) in [6.07, 6.45) is 2.94. The largest absolute Gasteiger partial charge is 0.455 e. The summed E-state index contributed by atoms with van der Waals surface area (Å²) >= 11 is 0. The smallest absolute Gasteiger partial charge is 0.293 e. The number of fused-ring (bicyclic) bond motifs is 1. The molecule has 1 amide bonds. The third kappa shape index (κ3) is 8.35. The molecule has 1 aliphatic rings. The molecule has 16 heteroatoms. The Morgan fingerprint density at radius 3 is 2.85 bits per heavy atom. The number of nitro benzene ring substituents is 1. The molecule has 1 atom stereocenters. The van der Waals surface area contributed by atoms with Crippen molar-refractivity contribution in [3.8, 4) is 11.5 Å². The summed E-state index contributed by atoms with van der Waals surface area (Å²) in [6.45, 7) is 4.37. The monoisotopic (exact) mass is 654 g/mol. The SMILES string of the molecule is COCCOCCN1CCOC(CNc2ccc(S(=O)(=O)NC(=O)c3ccccc3Oc3cnc4[nH]ccc4c3)cc2[N+](=O)[O-])C1. The van der Waals surface area contributed by atoms with Crippen LogP contribution in [0.5, 0.6) is 11.5 Å². The van der Waals surface area contributed by atoms with Crippen molar-refractivity contribution in [1.29, 1.82) is 0 Å². The zero-order valence-corrected chi connectivity index (χ0v) is 25.8. The number of nitrogens with zero attached hydrogens (tertiary/aromatic N) is 3. The highest BCUT2D eigenvalue weighted by Gasteiger charge is 2.26. The predicted molar refractivity (Wildman–Crippen MR) is 168 cm³/mol. The number of carbonyl (C=O) groups is 1. The number of anilines is 1. The van der Waals surface area contributed by atoms with Gasteiger partial charge in [-0.05, 0) is 36.4 Å². The zero-order chi connectivity index (χ0) is 32.5. The Balaban J connectivity index is 1.23. The van der Waals surface area contributed by atoms with Crippen LogP contribution < -0.4 is 14.8 Å². The Labute approximate surface area is 265 Å². The lowest BCUT2D eigenvalue weighted by atomic mass is 10.2. The number of hydrogen-bond acceptors (Lipinski definition) is 12. The topological polar surface area (TPSA) is 187 Å². The van der Waals surface area contributed by atoms with Gasteiger partial charge >= 0.3 is 0 Å². The number of amides is 1. The first-order valence-electron chi connectivity index (χ1n) is 14.4. The molecule has 5 rings (SSSR count). The molecule has 0 saturated carbocycles. The standard InChI is InChI=1S/C30H34N6O9S/c1-42-14-15-43-12-10-35-11-13-44-23(20-35)19-32-26-7-6-24(17-27(26)36(38)39)46(40,41)34-30(37)25-4-2-3-5-28(25)45-22-16-21-8-9-31-29(21)33-18-22/h2-9,16-18,23,32H,10-15,19-20H2,1H3,(H,31,33)(H,34,37). The average Bonchev–Trinajstić information content (AvgIpc) is 3.52. The molecule has 3 heterocycles. The van der Waals surface area contributed by atoms with Crippen molar-refractivity contribution in [2.24, 2.45) is 0 Å². The first-order chi connectivity index (χ1) is 22.2. The number of para-hydroxylation sites is 1. The number of methoxy groups -OCH3 is 1. The normalized spacial score (nSPS) is 15.5. The van der Waals surface area contributed by atoms with Crippen LogP contribution in [0.4, 0.5) is 11.4 Å². The molecule has 1 aliphatic heterocycles. The molecule has 0 aliphatic carbocycles. The molecule has 0 bridgehead atoms. The van der Waals surface area contributed by atoms with E-state index in [1.165, 1.54) is 30.5 Å². The van der Waals surface area contributed by atoms with E-state index >= 15 is 0 Å². The van der Waals surface area contributed by atoms with E-state index < -0.39 is 31.4 Å². The van der Waals surface area contributed by atoms with E-state index in [0.29, 0.717) is 50.9 Å². The first-order valence-corrected chi connectivity index (χ1v) is 15.9. The maximum atomic E-state index is 13.2. The molecule has 1 fully saturated rings. The van der Waals surface area contributed by atoms with Gasteiger partial charge in [0, 0.05) is 50.9 Å². The minimum absolute atomic E-state index is 0.0592. The highest BCUT2D eigenvalue weighted by Crippen LogP contribution is 2.30. The van der Waals surface area contributed by atoms with Gasteiger partial charge in [0.25, 0.3) is 21.6 Å². The van der Waals surface area contributed by atoms with Crippen molar-refractivity contribution in [2.45, 2.75) is 11.0 Å². The van der Waals surface area contributed by atoms with E-state index in [0.717, 1.165) is 18.0 Å². The Hall–Kier alpha value is -4.61. The second-order valence-electron chi connectivity index (χ2n) is 10.3. The van der Waals surface area contributed by atoms with E-state index in [-0.39, 0.29) is 29.6 Å². The molecule has 2 aromatic heterocycles. The van der Waals surface area contributed by atoms with E-state index in [1.54, 1.807) is 37.6 Å².